The second-order valence-electron chi connectivity index (χ2n) is 4.74. The van der Waals surface area contributed by atoms with E-state index in [2.05, 4.69) is 10.6 Å². The molecule has 1 aliphatic carbocycles. The van der Waals surface area contributed by atoms with Crippen LogP contribution in [0.25, 0.3) is 0 Å². The molecule has 1 unspecified atom stereocenters. The predicted molar refractivity (Wildman–Crippen MR) is 65.6 cm³/mol. The largest absolute Gasteiger partial charge is 0.384 e. The number of hydrogen-bond donors (Lipinski definition) is 3. The Morgan fingerprint density at radius 2 is 2.06 bits per heavy atom. The van der Waals surface area contributed by atoms with Crippen molar-refractivity contribution < 1.29 is 9.90 Å². The van der Waals surface area contributed by atoms with Gasteiger partial charge >= 0.3 is 6.03 Å². The van der Waals surface area contributed by atoms with Gasteiger partial charge in [0.05, 0.1) is 6.54 Å². The number of nitrogens with one attached hydrogen (secondary N) is 2. The van der Waals surface area contributed by atoms with Crippen LogP contribution in [0.3, 0.4) is 0 Å². The summed E-state index contributed by atoms with van der Waals surface area (Å²) in [6, 6.07) is 9.45. The summed E-state index contributed by atoms with van der Waals surface area (Å²) in [6.45, 7) is 1.90. The molecular weight excluding hydrogens is 216 g/mol. The lowest BCUT2D eigenvalue weighted by molar-refractivity contribution is 0.0594. The van der Waals surface area contributed by atoms with Crippen LogP contribution in [0.5, 0.6) is 0 Å². The van der Waals surface area contributed by atoms with Crippen LogP contribution < -0.4 is 10.6 Å². The van der Waals surface area contributed by atoms with Gasteiger partial charge in [0, 0.05) is 6.04 Å². The highest BCUT2D eigenvalue weighted by Gasteiger charge is 2.26. The van der Waals surface area contributed by atoms with Crippen LogP contribution in [-0.2, 0) is 5.60 Å². The predicted octanol–water partition coefficient (Wildman–Crippen LogP) is 1.36. The van der Waals surface area contributed by atoms with Crippen molar-refractivity contribution in [3.63, 3.8) is 0 Å². The van der Waals surface area contributed by atoms with E-state index in [1.165, 1.54) is 0 Å². The molecule has 1 aromatic rings. The Morgan fingerprint density at radius 3 is 2.65 bits per heavy atom. The molecule has 92 valence electrons. The highest BCUT2D eigenvalue weighted by atomic mass is 16.3. The molecular formula is C13H18N2O2. The van der Waals surface area contributed by atoms with Crippen LogP contribution in [0, 0.1) is 0 Å². The SMILES string of the molecule is CC(O)(CNC(=O)NC1CC1)c1ccccc1. The van der Waals surface area contributed by atoms with Gasteiger partial charge in [-0.2, -0.15) is 0 Å². The third-order valence-electron chi connectivity index (χ3n) is 2.90. The topological polar surface area (TPSA) is 61.4 Å². The average molecular weight is 234 g/mol. The molecule has 0 aliphatic heterocycles. The van der Waals surface area contributed by atoms with Crippen LogP contribution in [0.1, 0.15) is 25.3 Å². The second kappa shape index (κ2) is 4.75. The summed E-state index contributed by atoms with van der Waals surface area (Å²) in [4.78, 5) is 11.4. The highest BCUT2D eigenvalue weighted by Crippen LogP contribution is 2.20. The molecule has 4 nitrogen and oxygen atoms in total. The van der Waals surface area contributed by atoms with Gasteiger partial charge in [0.1, 0.15) is 5.60 Å². The van der Waals surface area contributed by atoms with E-state index in [4.69, 9.17) is 0 Å². The highest BCUT2D eigenvalue weighted by molar-refractivity contribution is 5.74. The third-order valence-corrected chi connectivity index (χ3v) is 2.90. The van der Waals surface area contributed by atoms with Gasteiger partial charge in [0.15, 0.2) is 0 Å². The number of carbonyl (C=O) groups excluding carboxylic acids is 1. The van der Waals surface area contributed by atoms with Gasteiger partial charge in [-0.1, -0.05) is 30.3 Å². The van der Waals surface area contributed by atoms with E-state index in [0.717, 1.165) is 18.4 Å². The van der Waals surface area contributed by atoms with Crippen LogP contribution in [-0.4, -0.2) is 23.7 Å². The molecule has 2 amide bonds. The average Bonchev–Trinajstić information content (AvgIpc) is 3.12. The van der Waals surface area contributed by atoms with E-state index in [1.54, 1.807) is 6.92 Å². The summed E-state index contributed by atoms with van der Waals surface area (Å²) in [5.41, 5.74) is -0.242. The molecule has 0 aromatic heterocycles. The number of aliphatic hydroxyl groups is 1. The molecule has 0 radical (unpaired) electrons. The number of urea groups is 1. The van der Waals surface area contributed by atoms with Gasteiger partial charge < -0.3 is 15.7 Å². The molecule has 17 heavy (non-hydrogen) atoms. The molecule has 1 aromatic carbocycles. The Morgan fingerprint density at radius 1 is 1.41 bits per heavy atom. The Kier molecular flexibility index (Phi) is 3.33. The first-order valence-corrected chi connectivity index (χ1v) is 5.90. The molecule has 0 saturated heterocycles. The van der Waals surface area contributed by atoms with Gasteiger partial charge in [-0.05, 0) is 25.3 Å². The standard InChI is InChI=1S/C13H18N2O2/c1-13(17,10-5-3-2-4-6-10)9-14-12(16)15-11-7-8-11/h2-6,11,17H,7-9H2,1H3,(H2,14,15,16). The monoisotopic (exact) mass is 234 g/mol. The summed E-state index contributed by atoms with van der Waals surface area (Å²) in [6.07, 6.45) is 2.12. The molecule has 4 heteroatoms. The van der Waals surface area contributed by atoms with Crippen molar-refractivity contribution in [1.82, 2.24) is 10.6 Å². The maximum Gasteiger partial charge on any atom is 0.315 e. The lowest BCUT2D eigenvalue weighted by atomic mass is 9.96. The maximum atomic E-state index is 11.4. The first kappa shape index (κ1) is 11.9. The van der Waals surface area contributed by atoms with E-state index in [1.807, 2.05) is 30.3 Å². The van der Waals surface area contributed by atoms with Crippen LogP contribution in [0.4, 0.5) is 4.79 Å². The minimum absolute atomic E-state index is 0.204. The van der Waals surface area contributed by atoms with Crippen molar-refractivity contribution in [2.45, 2.75) is 31.4 Å². The number of benzene rings is 1. The minimum Gasteiger partial charge on any atom is -0.384 e. The van der Waals surface area contributed by atoms with E-state index >= 15 is 0 Å². The number of amides is 2. The fraction of sp³-hybridized carbons (Fsp3) is 0.462. The smallest absolute Gasteiger partial charge is 0.315 e. The van der Waals surface area contributed by atoms with E-state index in [0.29, 0.717) is 6.04 Å². The molecule has 0 heterocycles. The molecule has 3 N–H and O–H groups in total. The van der Waals surface area contributed by atoms with Gasteiger partial charge in [0.25, 0.3) is 0 Å². The van der Waals surface area contributed by atoms with Crippen molar-refractivity contribution in [3.8, 4) is 0 Å². The lowest BCUT2D eigenvalue weighted by Gasteiger charge is -2.24. The third kappa shape index (κ3) is 3.46. The molecule has 0 spiro atoms. The fourth-order valence-electron chi connectivity index (χ4n) is 1.62. The molecule has 1 fully saturated rings. The van der Waals surface area contributed by atoms with Crippen molar-refractivity contribution in [2.24, 2.45) is 0 Å². The fourth-order valence-corrected chi connectivity index (χ4v) is 1.62. The first-order valence-electron chi connectivity index (χ1n) is 5.90. The maximum absolute atomic E-state index is 11.4. The summed E-state index contributed by atoms with van der Waals surface area (Å²) in [5.74, 6) is 0. The summed E-state index contributed by atoms with van der Waals surface area (Å²) in [5, 5.41) is 15.8. The van der Waals surface area contributed by atoms with Crippen LogP contribution >= 0.6 is 0 Å². The molecule has 1 aliphatic rings. The molecule has 0 bridgehead atoms. The summed E-state index contributed by atoms with van der Waals surface area (Å²) >= 11 is 0. The van der Waals surface area contributed by atoms with Crippen molar-refractivity contribution >= 4 is 6.03 Å². The Labute approximate surface area is 101 Å². The van der Waals surface area contributed by atoms with Crippen LogP contribution in [0.2, 0.25) is 0 Å². The molecule has 1 saturated carbocycles. The number of carbonyl (C=O) groups is 1. The van der Waals surface area contributed by atoms with Crippen LogP contribution in [0.15, 0.2) is 30.3 Å². The van der Waals surface area contributed by atoms with E-state index in [-0.39, 0.29) is 12.6 Å². The molecule has 2 rings (SSSR count). The molecule has 1 atom stereocenters. The van der Waals surface area contributed by atoms with Gasteiger partial charge in [-0.3, -0.25) is 0 Å². The van der Waals surface area contributed by atoms with Crippen molar-refractivity contribution in [1.29, 1.82) is 0 Å². The van der Waals surface area contributed by atoms with E-state index in [9.17, 15) is 9.90 Å². The van der Waals surface area contributed by atoms with Crippen molar-refractivity contribution in [3.05, 3.63) is 35.9 Å². The zero-order valence-corrected chi connectivity index (χ0v) is 9.94. The quantitative estimate of drug-likeness (QED) is 0.736. The van der Waals surface area contributed by atoms with Gasteiger partial charge in [-0.15, -0.1) is 0 Å². The second-order valence-corrected chi connectivity index (χ2v) is 4.74. The number of rotatable bonds is 4. The lowest BCUT2D eigenvalue weighted by Crippen LogP contribution is -2.44. The zero-order valence-electron chi connectivity index (χ0n) is 9.94. The normalized spacial score (nSPS) is 18.2. The van der Waals surface area contributed by atoms with Crippen molar-refractivity contribution in [2.75, 3.05) is 6.54 Å². The Bertz CT molecular complexity index is 386. The minimum atomic E-state index is -1.04. The summed E-state index contributed by atoms with van der Waals surface area (Å²) < 4.78 is 0. The Balaban J connectivity index is 1.86. The number of hydrogen-bond acceptors (Lipinski definition) is 2. The first-order chi connectivity index (χ1) is 8.08. The Hall–Kier alpha value is -1.55. The summed E-state index contributed by atoms with van der Waals surface area (Å²) in [7, 11) is 0. The zero-order chi connectivity index (χ0) is 12.3. The van der Waals surface area contributed by atoms with Gasteiger partial charge in [-0.25, -0.2) is 4.79 Å². The van der Waals surface area contributed by atoms with E-state index < -0.39 is 5.60 Å². The van der Waals surface area contributed by atoms with Gasteiger partial charge in [0.2, 0.25) is 0 Å².